The van der Waals surface area contributed by atoms with Gasteiger partial charge in [0.2, 0.25) is 0 Å². The van der Waals surface area contributed by atoms with E-state index in [1.165, 1.54) is 92.1 Å². The summed E-state index contributed by atoms with van der Waals surface area (Å²) in [6, 6.07) is 47.2. The highest BCUT2D eigenvalue weighted by atomic mass is 15.0. The molecule has 0 radical (unpaired) electrons. The predicted molar refractivity (Wildman–Crippen MR) is 168 cm³/mol. The maximum Gasteiger partial charge on any atom is 0.0541 e. The average Bonchev–Trinajstić information content (AvgIpc) is 3.63. The molecule has 0 aliphatic carbocycles. The van der Waals surface area contributed by atoms with Gasteiger partial charge in [-0.05, 0) is 88.9 Å². The van der Waals surface area contributed by atoms with Gasteiger partial charge in [0.25, 0.3) is 0 Å². The van der Waals surface area contributed by atoms with E-state index in [0.29, 0.717) is 0 Å². The fourth-order valence-electron chi connectivity index (χ4n) is 7.59. The standard InChI is InChI=1S/C38H21N/c1-2-12-26-23(9-1)27-13-7-15-31-36(27)35(26)30-16-8-14-28-32-21-22(19-20-29(32)38(31)37(28)30)39-33-17-5-3-10-24(33)25-11-4-6-18-34(25)39/h1-21H. The Bertz CT molecular complexity index is 2540. The van der Waals surface area contributed by atoms with Crippen molar-refractivity contribution >= 4 is 86.4 Å². The lowest BCUT2D eigenvalue weighted by atomic mass is 9.95. The van der Waals surface area contributed by atoms with Crippen LogP contribution in [0.1, 0.15) is 0 Å². The minimum atomic E-state index is 1.21. The molecule has 1 heterocycles. The largest absolute Gasteiger partial charge is 0.309 e. The van der Waals surface area contributed by atoms with E-state index in [1.54, 1.807) is 0 Å². The molecule has 0 aliphatic rings. The quantitative estimate of drug-likeness (QED) is 0.201. The molecule has 0 aliphatic heterocycles. The Kier molecular flexibility index (Phi) is 3.49. The van der Waals surface area contributed by atoms with Crippen molar-refractivity contribution in [2.24, 2.45) is 0 Å². The Labute approximate surface area is 223 Å². The van der Waals surface area contributed by atoms with E-state index in [0.717, 1.165) is 0 Å². The van der Waals surface area contributed by atoms with Crippen LogP contribution in [-0.4, -0.2) is 4.57 Å². The van der Waals surface area contributed by atoms with Crippen molar-refractivity contribution in [3.8, 4) is 5.69 Å². The predicted octanol–water partition coefficient (Wildman–Crippen LogP) is 10.6. The van der Waals surface area contributed by atoms with Gasteiger partial charge in [-0.1, -0.05) is 103 Å². The molecule has 0 bridgehead atoms. The average molecular weight is 492 g/mol. The molecule has 0 atom stereocenters. The fraction of sp³-hybridized carbons (Fsp3) is 0. The van der Waals surface area contributed by atoms with Gasteiger partial charge >= 0.3 is 0 Å². The lowest BCUT2D eigenvalue weighted by Crippen LogP contribution is -1.93. The Hall–Kier alpha value is -5.14. The van der Waals surface area contributed by atoms with E-state index in [9.17, 15) is 0 Å². The van der Waals surface area contributed by atoms with Gasteiger partial charge in [0.05, 0.1) is 11.0 Å². The molecule has 10 rings (SSSR count). The number of benzene rings is 7. The number of para-hydroxylation sites is 2. The molecule has 1 nitrogen and oxygen atoms in total. The second-order valence-electron chi connectivity index (χ2n) is 10.9. The third kappa shape index (κ3) is 2.29. The van der Waals surface area contributed by atoms with Crippen LogP contribution >= 0.6 is 0 Å². The Morgan fingerprint density at radius 1 is 0.282 bits per heavy atom. The lowest BCUT2D eigenvalue weighted by Gasteiger charge is -2.09. The zero-order valence-electron chi connectivity index (χ0n) is 21.1. The summed E-state index contributed by atoms with van der Waals surface area (Å²) in [4.78, 5) is 0. The van der Waals surface area contributed by atoms with Gasteiger partial charge in [0.1, 0.15) is 0 Å². The number of hydrogen-bond acceptors (Lipinski definition) is 0. The summed E-state index contributed by atoms with van der Waals surface area (Å²) >= 11 is 0. The molecule has 0 saturated carbocycles. The molecule has 39 heavy (non-hydrogen) atoms. The number of nitrogens with zero attached hydrogens (tertiary/aromatic N) is 1. The topological polar surface area (TPSA) is 4.93 Å². The van der Waals surface area contributed by atoms with Crippen LogP contribution in [0.25, 0.3) is 92.1 Å². The summed E-state index contributed by atoms with van der Waals surface area (Å²) in [5, 5.41) is 19.0. The third-order valence-electron chi connectivity index (χ3n) is 9.06. The highest BCUT2D eigenvalue weighted by Gasteiger charge is 2.22. The van der Waals surface area contributed by atoms with Crippen molar-refractivity contribution in [2.75, 3.05) is 0 Å². The van der Waals surface area contributed by atoms with Gasteiger partial charge in [-0.25, -0.2) is 0 Å². The van der Waals surface area contributed by atoms with Crippen LogP contribution in [0.3, 0.4) is 0 Å². The molecule has 1 aromatic heterocycles. The van der Waals surface area contributed by atoms with Crippen molar-refractivity contribution in [3.63, 3.8) is 0 Å². The first-order valence-corrected chi connectivity index (χ1v) is 13.6. The van der Waals surface area contributed by atoms with Crippen LogP contribution in [0.5, 0.6) is 0 Å². The van der Waals surface area contributed by atoms with Crippen molar-refractivity contribution in [2.45, 2.75) is 0 Å². The van der Waals surface area contributed by atoms with E-state index in [1.807, 2.05) is 0 Å². The molecule has 0 saturated heterocycles. The molecular formula is C38H21N. The molecule has 0 fully saturated rings. The number of hydrogen-bond donors (Lipinski definition) is 0. The molecule has 178 valence electrons. The van der Waals surface area contributed by atoms with Crippen LogP contribution in [0.15, 0.2) is 127 Å². The van der Waals surface area contributed by atoms with Gasteiger partial charge in [-0.3, -0.25) is 0 Å². The summed E-state index contributed by atoms with van der Waals surface area (Å²) in [5.41, 5.74) is 3.70. The summed E-state index contributed by atoms with van der Waals surface area (Å²) in [5.74, 6) is 0. The van der Waals surface area contributed by atoms with Gasteiger partial charge < -0.3 is 4.57 Å². The van der Waals surface area contributed by atoms with Crippen LogP contribution < -0.4 is 0 Å². The third-order valence-corrected chi connectivity index (χ3v) is 9.06. The first-order chi connectivity index (χ1) is 19.4. The second kappa shape index (κ2) is 6.83. The minimum Gasteiger partial charge on any atom is -0.309 e. The van der Waals surface area contributed by atoms with Crippen LogP contribution in [-0.2, 0) is 0 Å². The van der Waals surface area contributed by atoms with Gasteiger partial charge in [-0.15, -0.1) is 0 Å². The smallest absolute Gasteiger partial charge is 0.0541 e. The molecule has 9 aromatic carbocycles. The normalized spacial score (nSPS) is 12.6. The first-order valence-electron chi connectivity index (χ1n) is 13.6. The Morgan fingerprint density at radius 3 is 1.28 bits per heavy atom. The van der Waals surface area contributed by atoms with Crippen molar-refractivity contribution in [1.29, 1.82) is 0 Å². The first kappa shape index (κ1) is 19.9. The van der Waals surface area contributed by atoms with Crippen LogP contribution in [0.4, 0.5) is 0 Å². The van der Waals surface area contributed by atoms with E-state index in [-0.39, 0.29) is 0 Å². The zero-order chi connectivity index (χ0) is 25.2. The Balaban J connectivity index is 1.41. The maximum atomic E-state index is 2.43. The number of rotatable bonds is 1. The molecule has 0 spiro atoms. The minimum absolute atomic E-state index is 1.21. The monoisotopic (exact) mass is 491 g/mol. The van der Waals surface area contributed by atoms with Crippen molar-refractivity contribution < 1.29 is 0 Å². The summed E-state index contributed by atoms with van der Waals surface area (Å²) < 4.78 is 2.43. The molecule has 0 unspecified atom stereocenters. The fourth-order valence-corrected chi connectivity index (χ4v) is 7.59. The lowest BCUT2D eigenvalue weighted by molar-refractivity contribution is 1.19. The second-order valence-corrected chi connectivity index (χ2v) is 10.9. The summed E-state index contributed by atoms with van der Waals surface area (Å²) in [6.07, 6.45) is 0. The number of aromatic nitrogens is 1. The van der Waals surface area contributed by atoms with Crippen LogP contribution in [0, 0.1) is 0 Å². The Morgan fingerprint density at radius 2 is 0.692 bits per heavy atom. The van der Waals surface area contributed by atoms with E-state index < -0.39 is 0 Å². The van der Waals surface area contributed by atoms with Gasteiger partial charge in [0, 0.05) is 16.5 Å². The highest BCUT2D eigenvalue weighted by molar-refractivity contribution is 6.47. The maximum absolute atomic E-state index is 2.43. The SMILES string of the molecule is c1ccc2c(c1)c1cccc3c1c2c1cccc2c4cc(-n5c6ccccc6c6ccccc65)ccc4c3c21. The molecule has 10 aromatic rings. The van der Waals surface area contributed by atoms with Gasteiger partial charge in [-0.2, -0.15) is 0 Å². The summed E-state index contributed by atoms with van der Waals surface area (Å²) in [6.45, 7) is 0. The highest BCUT2D eigenvalue weighted by Crippen LogP contribution is 2.50. The van der Waals surface area contributed by atoms with E-state index in [2.05, 4.69) is 132 Å². The summed E-state index contributed by atoms with van der Waals surface area (Å²) in [7, 11) is 0. The zero-order valence-corrected chi connectivity index (χ0v) is 21.1. The molecule has 0 N–H and O–H groups in total. The van der Waals surface area contributed by atoms with Gasteiger partial charge in [0.15, 0.2) is 0 Å². The molecule has 1 heteroatoms. The van der Waals surface area contributed by atoms with E-state index >= 15 is 0 Å². The van der Waals surface area contributed by atoms with Crippen molar-refractivity contribution in [3.05, 3.63) is 127 Å². The molecular weight excluding hydrogens is 470 g/mol. The van der Waals surface area contributed by atoms with Crippen molar-refractivity contribution in [1.82, 2.24) is 4.57 Å². The molecule has 0 amide bonds. The van der Waals surface area contributed by atoms with Crippen LogP contribution in [0.2, 0.25) is 0 Å². The number of fused-ring (bicyclic) bond motifs is 11. The van der Waals surface area contributed by atoms with E-state index in [4.69, 9.17) is 0 Å².